The minimum Gasteiger partial charge on any atom is -0.462 e. The topological polar surface area (TPSA) is 42.1 Å². The normalized spacial score (nSPS) is 10.3. The Hall–Kier alpha value is -1.68. The molecule has 0 saturated heterocycles. The maximum atomic E-state index is 11.7. The minimum absolute atomic E-state index is 0.272. The number of hydrogen-bond donors (Lipinski definition) is 1. The van der Waals surface area contributed by atoms with Crippen LogP contribution in [0.4, 0.5) is 0 Å². The third kappa shape index (κ3) is 2.96. The zero-order valence-electron chi connectivity index (χ0n) is 10.4. The molecule has 2 aromatic rings. The highest BCUT2D eigenvalue weighted by molar-refractivity contribution is 7.99. The number of benzene rings is 1. The molecule has 0 spiro atoms. The summed E-state index contributed by atoms with van der Waals surface area (Å²) in [5.74, 6) is -0.272. The Morgan fingerprint density at radius 3 is 2.72 bits per heavy atom. The molecular formula is C14H15NO2S. The van der Waals surface area contributed by atoms with Gasteiger partial charge in [-0.2, -0.15) is 0 Å². The Kier molecular flexibility index (Phi) is 4.10. The third-order valence-corrected chi connectivity index (χ3v) is 3.40. The lowest BCUT2D eigenvalue weighted by Gasteiger charge is -1.98. The number of aryl methyl sites for hydroxylation is 1. The van der Waals surface area contributed by atoms with Gasteiger partial charge < -0.3 is 9.72 Å². The number of hydrogen-bond acceptors (Lipinski definition) is 3. The summed E-state index contributed by atoms with van der Waals surface area (Å²) in [6.07, 6.45) is 0. The van der Waals surface area contributed by atoms with Gasteiger partial charge in [0.2, 0.25) is 0 Å². The molecule has 2 rings (SSSR count). The van der Waals surface area contributed by atoms with Crippen LogP contribution in [0.15, 0.2) is 46.3 Å². The van der Waals surface area contributed by atoms with Crippen molar-refractivity contribution in [3.8, 4) is 0 Å². The number of carbonyl (C=O) groups is 1. The van der Waals surface area contributed by atoms with Gasteiger partial charge in [0.25, 0.3) is 0 Å². The maximum Gasteiger partial charge on any atom is 0.339 e. The van der Waals surface area contributed by atoms with Crippen LogP contribution < -0.4 is 0 Å². The van der Waals surface area contributed by atoms with Gasteiger partial charge in [-0.3, -0.25) is 0 Å². The van der Waals surface area contributed by atoms with Crippen molar-refractivity contribution in [2.24, 2.45) is 0 Å². The fourth-order valence-electron chi connectivity index (χ4n) is 1.62. The second-order valence-corrected chi connectivity index (χ2v) is 4.92. The van der Waals surface area contributed by atoms with E-state index in [1.165, 1.54) is 0 Å². The zero-order valence-corrected chi connectivity index (χ0v) is 11.2. The van der Waals surface area contributed by atoms with Crippen molar-refractivity contribution in [1.29, 1.82) is 0 Å². The summed E-state index contributed by atoms with van der Waals surface area (Å²) in [7, 11) is 0. The number of rotatable bonds is 4. The van der Waals surface area contributed by atoms with E-state index in [2.05, 4.69) is 4.98 Å². The van der Waals surface area contributed by atoms with Crippen LogP contribution in [0, 0.1) is 6.92 Å². The van der Waals surface area contributed by atoms with Crippen molar-refractivity contribution in [2.75, 3.05) is 6.61 Å². The molecule has 1 heterocycles. The first-order valence-electron chi connectivity index (χ1n) is 5.80. The molecular weight excluding hydrogens is 246 g/mol. The molecule has 0 fully saturated rings. The lowest BCUT2D eigenvalue weighted by atomic mass is 10.2. The summed E-state index contributed by atoms with van der Waals surface area (Å²) in [6.45, 7) is 4.07. The van der Waals surface area contributed by atoms with Gasteiger partial charge in [-0.15, -0.1) is 0 Å². The molecule has 1 aromatic carbocycles. The molecule has 1 aromatic heterocycles. The number of H-pyrrole nitrogens is 1. The van der Waals surface area contributed by atoms with Crippen LogP contribution in [0.2, 0.25) is 0 Å². The summed E-state index contributed by atoms with van der Waals surface area (Å²) in [5.41, 5.74) is 1.45. The van der Waals surface area contributed by atoms with E-state index in [-0.39, 0.29) is 5.97 Å². The maximum absolute atomic E-state index is 11.7. The van der Waals surface area contributed by atoms with Crippen LogP contribution in [0.5, 0.6) is 0 Å². The first kappa shape index (κ1) is 12.8. The second kappa shape index (κ2) is 5.78. The number of nitrogens with one attached hydrogen (secondary N) is 1. The van der Waals surface area contributed by atoms with Gasteiger partial charge in [0.05, 0.1) is 17.2 Å². The van der Waals surface area contributed by atoms with E-state index in [4.69, 9.17) is 4.74 Å². The molecule has 4 heteroatoms. The number of carbonyl (C=O) groups excluding carboxylic acids is 1. The molecule has 0 atom stereocenters. The SMILES string of the molecule is CCOC(=O)c1cc(Sc2ccccc2)[nH]c1C. The van der Waals surface area contributed by atoms with Gasteiger partial charge >= 0.3 is 5.97 Å². The molecule has 3 nitrogen and oxygen atoms in total. The molecule has 0 saturated carbocycles. The third-order valence-electron chi connectivity index (χ3n) is 2.46. The molecule has 18 heavy (non-hydrogen) atoms. The first-order valence-corrected chi connectivity index (χ1v) is 6.62. The van der Waals surface area contributed by atoms with Gasteiger partial charge in [-0.1, -0.05) is 30.0 Å². The monoisotopic (exact) mass is 261 g/mol. The van der Waals surface area contributed by atoms with Crippen molar-refractivity contribution in [1.82, 2.24) is 4.98 Å². The van der Waals surface area contributed by atoms with E-state index in [9.17, 15) is 4.79 Å². The van der Waals surface area contributed by atoms with Crippen molar-refractivity contribution in [3.63, 3.8) is 0 Å². The van der Waals surface area contributed by atoms with Crippen LogP contribution in [0.1, 0.15) is 23.0 Å². The minimum atomic E-state index is -0.272. The van der Waals surface area contributed by atoms with E-state index in [1.807, 2.05) is 43.3 Å². The molecule has 0 amide bonds. The Bertz CT molecular complexity index is 534. The van der Waals surface area contributed by atoms with Crippen molar-refractivity contribution >= 4 is 17.7 Å². The Morgan fingerprint density at radius 2 is 2.06 bits per heavy atom. The van der Waals surface area contributed by atoms with E-state index in [0.717, 1.165) is 15.6 Å². The molecule has 94 valence electrons. The number of esters is 1. The Labute approximate surface area is 111 Å². The number of aromatic amines is 1. The summed E-state index contributed by atoms with van der Waals surface area (Å²) < 4.78 is 5.00. The molecule has 0 bridgehead atoms. The van der Waals surface area contributed by atoms with Gasteiger partial charge in [0.15, 0.2) is 0 Å². The molecule has 1 N–H and O–H groups in total. The fourth-order valence-corrected chi connectivity index (χ4v) is 2.55. The smallest absolute Gasteiger partial charge is 0.339 e. The van der Waals surface area contributed by atoms with Crippen molar-refractivity contribution in [3.05, 3.63) is 47.7 Å². The van der Waals surface area contributed by atoms with Gasteiger partial charge in [-0.05, 0) is 32.0 Å². The Morgan fingerprint density at radius 1 is 1.33 bits per heavy atom. The highest BCUT2D eigenvalue weighted by Crippen LogP contribution is 2.28. The summed E-state index contributed by atoms with van der Waals surface area (Å²) in [6, 6.07) is 11.9. The van der Waals surface area contributed by atoms with E-state index in [1.54, 1.807) is 18.7 Å². The molecule has 0 radical (unpaired) electrons. The van der Waals surface area contributed by atoms with Crippen LogP contribution in [0.25, 0.3) is 0 Å². The van der Waals surface area contributed by atoms with E-state index < -0.39 is 0 Å². The standard InChI is InChI=1S/C14H15NO2S/c1-3-17-14(16)12-9-13(15-10(12)2)18-11-7-5-4-6-8-11/h4-9,15H,3H2,1-2H3. The molecule has 0 unspecified atom stereocenters. The molecule has 0 aliphatic heterocycles. The predicted octanol–water partition coefficient (Wildman–Crippen LogP) is 3.65. The molecule has 0 aliphatic carbocycles. The fraction of sp³-hybridized carbons (Fsp3) is 0.214. The number of ether oxygens (including phenoxy) is 1. The van der Waals surface area contributed by atoms with Crippen molar-refractivity contribution < 1.29 is 9.53 Å². The van der Waals surface area contributed by atoms with Crippen LogP contribution in [-0.4, -0.2) is 17.6 Å². The average Bonchev–Trinajstić information content (AvgIpc) is 2.72. The highest BCUT2D eigenvalue weighted by Gasteiger charge is 2.14. The van der Waals surface area contributed by atoms with Crippen LogP contribution in [-0.2, 0) is 4.74 Å². The highest BCUT2D eigenvalue weighted by atomic mass is 32.2. The quantitative estimate of drug-likeness (QED) is 0.854. The number of aromatic nitrogens is 1. The largest absolute Gasteiger partial charge is 0.462 e. The molecule has 0 aliphatic rings. The summed E-state index contributed by atoms with van der Waals surface area (Å²) in [5, 5.41) is 0.946. The Balaban J connectivity index is 2.16. The first-order chi connectivity index (χ1) is 8.70. The zero-order chi connectivity index (χ0) is 13.0. The van der Waals surface area contributed by atoms with Gasteiger partial charge in [0.1, 0.15) is 0 Å². The second-order valence-electron chi connectivity index (χ2n) is 3.81. The van der Waals surface area contributed by atoms with E-state index in [0.29, 0.717) is 12.2 Å². The van der Waals surface area contributed by atoms with Crippen molar-refractivity contribution in [2.45, 2.75) is 23.8 Å². The lowest BCUT2D eigenvalue weighted by molar-refractivity contribution is 0.0525. The van der Waals surface area contributed by atoms with E-state index >= 15 is 0 Å². The predicted molar refractivity (Wildman–Crippen MR) is 72.1 cm³/mol. The summed E-state index contributed by atoms with van der Waals surface area (Å²) in [4.78, 5) is 16.0. The average molecular weight is 261 g/mol. The van der Waals surface area contributed by atoms with Crippen LogP contribution in [0.3, 0.4) is 0 Å². The van der Waals surface area contributed by atoms with Gasteiger partial charge in [0, 0.05) is 10.6 Å². The van der Waals surface area contributed by atoms with Gasteiger partial charge in [-0.25, -0.2) is 4.79 Å². The van der Waals surface area contributed by atoms with Crippen LogP contribution >= 0.6 is 11.8 Å². The lowest BCUT2D eigenvalue weighted by Crippen LogP contribution is -2.04. The summed E-state index contributed by atoms with van der Waals surface area (Å²) >= 11 is 1.59.